The van der Waals surface area contributed by atoms with E-state index in [0.29, 0.717) is 4.57 Å². The van der Waals surface area contributed by atoms with Crippen LogP contribution in [0.3, 0.4) is 0 Å². The zero-order chi connectivity index (χ0) is 17.7. The molecule has 0 saturated carbocycles. The van der Waals surface area contributed by atoms with Crippen LogP contribution in [0.1, 0.15) is 26.8 Å². The summed E-state index contributed by atoms with van der Waals surface area (Å²) in [6, 6.07) is -0.297. The first kappa shape index (κ1) is 19.8. The van der Waals surface area contributed by atoms with Crippen LogP contribution in [-0.2, 0) is 6.54 Å². The molecule has 11 heteroatoms. The van der Waals surface area contributed by atoms with E-state index in [0.717, 1.165) is 0 Å². The van der Waals surface area contributed by atoms with Crippen molar-refractivity contribution in [1.29, 1.82) is 0 Å². The number of nitrogens with zero attached hydrogens (tertiary/aromatic N) is 2. The molecule has 2 nitrogen and oxygen atoms in total. The van der Waals surface area contributed by atoms with Gasteiger partial charge in [-0.15, -0.1) is 25.3 Å². The van der Waals surface area contributed by atoms with Gasteiger partial charge in [0, 0.05) is 13.0 Å². The standard InChI is InChI=1S/C11H14F6N2S3/c1-5(2)19-7(21)6(20)18(8(19)22)4-10(14,15)11(16,17)9(3,12)13/h5,20-21H,4H2,1-3H3. The van der Waals surface area contributed by atoms with Crippen LogP contribution in [0.2, 0.25) is 0 Å². The zero-order valence-electron chi connectivity index (χ0n) is 11.7. The van der Waals surface area contributed by atoms with Crippen molar-refractivity contribution >= 4 is 37.5 Å². The molecule has 0 N–H and O–H groups in total. The van der Waals surface area contributed by atoms with Gasteiger partial charge in [0.1, 0.15) is 10.1 Å². The second-order valence-electron chi connectivity index (χ2n) is 5.15. The van der Waals surface area contributed by atoms with Gasteiger partial charge >= 0.3 is 17.8 Å². The van der Waals surface area contributed by atoms with Gasteiger partial charge in [0.15, 0.2) is 4.77 Å². The van der Waals surface area contributed by atoms with Gasteiger partial charge in [0.2, 0.25) is 0 Å². The van der Waals surface area contributed by atoms with Crippen molar-refractivity contribution in [2.75, 3.05) is 0 Å². The van der Waals surface area contributed by atoms with Gasteiger partial charge in [-0.2, -0.15) is 26.3 Å². The van der Waals surface area contributed by atoms with Crippen LogP contribution in [-0.4, -0.2) is 26.9 Å². The molecule has 0 amide bonds. The Labute approximate surface area is 139 Å². The maximum absolute atomic E-state index is 13.7. The third-order valence-electron chi connectivity index (χ3n) is 3.00. The van der Waals surface area contributed by atoms with Crippen LogP contribution in [0, 0.1) is 4.77 Å². The predicted octanol–water partition coefficient (Wildman–Crippen LogP) is 5.10. The van der Waals surface area contributed by atoms with E-state index in [4.69, 9.17) is 12.2 Å². The SMILES string of the molecule is CC(C)n1c(S)c(S)n(CC(F)(F)C(F)(F)C(C)(F)F)c1=S. The van der Waals surface area contributed by atoms with Crippen molar-refractivity contribution in [2.45, 2.75) is 61.2 Å². The largest absolute Gasteiger partial charge is 0.373 e. The maximum atomic E-state index is 13.7. The third-order valence-corrected chi connectivity index (χ3v) is 4.48. The first-order chi connectivity index (χ1) is 9.65. The number of aromatic nitrogens is 2. The molecule has 0 fully saturated rings. The number of hydrogen-bond acceptors (Lipinski definition) is 3. The normalized spacial score (nSPS) is 14.0. The molecule has 1 aromatic heterocycles. The lowest BCUT2D eigenvalue weighted by molar-refractivity contribution is -0.306. The van der Waals surface area contributed by atoms with Gasteiger partial charge in [-0.1, -0.05) is 0 Å². The second-order valence-corrected chi connectivity index (χ2v) is 6.36. The summed E-state index contributed by atoms with van der Waals surface area (Å²) >= 11 is 12.9. The van der Waals surface area contributed by atoms with E-state index in [1.165, 1.54) is 4.57 Å². The summed E-state index contributed by atoms with van der Waals surface area (Å²) in [5, 5.41) is -0.109. The molecule has 0 bridgehead atoms. The lowest BCUT2D eigenvalue weighted by atomic mass is 10.1. The molecule has 0 aromatic carbocycles. The monoisotopic (exact) mass is 384 g/mol. The molecule has 0 atom stereocenters. The Morgan fingerprint density at radius 2 is 1.50 bits per heavy atom. The van der Waals surface area contributed by atoms with Crippen molar-refractivity contribution in [3.05, 3.63) is 4.77 Å². The molecule has 0 aliphatic heterocycles. The highest BCUT2D eigenvalue weighted by atomic mass is 32.1. The fourth-order valence-electron chi connectivity index (χ4n) is 1.77. The average Bonchev–Trinajstić information content (AvgIpc) is 2.51. The summed E-state index contributed by atoms with van der Waals surface area (Å²) in [5.41, 5.74) is 0. The van der Waals surface area contributed by atoms with Gasteiger partial charge in [0.25, 0.3) is 0 Å². The lowest BCUT2D eigenvalue weighted by Gasteiger charge is -2.31. The molecule has 22 heavy (non-hydrogen) atoms. The molecule has 0 radical (unpaired) electrons. The van der Waals surface area contributed by atoms with Crippen molar-refractivity contribution in [2.24, 2.45) is 0 Å². The fourth-order valence-corrected chi connectivity index (χ4v) is 3.08. The Morgan fingerprint density at radius 3 is 1.82 bits per heavy atom. The third kappa shape index (κ3) is 3.16. The Bertz CT molecular complexity index is 615. The topological polar surface area (TPSA) is 9.86 Å². The summed E-state index contributed by atoms with van der Waals surface area (Å²) in [4.78, 5) is 0. The lowest BCUT2D eigenvalue weighted by Crippen LogP contribution is -2.54. The Kier molecular flexibility index (Phi) is 5.36. The molecule has 0 aliphatic carbocycles. The minimum atomic E-state index is -5.54. The average molecular weight is 384 g/mol. The number of halogens is 6. The summed E-state index contributed by atoms with van der Waals surface area (Å²) < 4.78 is 81.3. The second kappa shape index (κ2) is 5.97. The van der Waals surface area contributed by atoms with E-state index in [-0.39, 0.29) is 27.8 Å². The van der Waals surface area contributed by atoms with Crippen molar-refractivity contribution < 1.29 is 26.3 Å². The number of alkyl halides is 6. The number of rotatable bonds is 5. The molecule has 1 rings (SSSR count). The Morgan fingerprint density at radius 1 is 1.05 bits per heavy atom. The van der Waals surface area contributed by atoms with E-state index in [9.17, 15) is 26.3 Å². The molecule has 128 valence electrons. The van der Waals surface area contributed by atoms with Crippen molar-refractivity contribution in [3.8, 4) is 0 Å². The van der Waals surface area contributed by atoms with E-state index in [2.05, 4.69) is 25.3 Å². The van der Waals surface area contributed by atoms with Gasteiger partial charge in [-0.05, 0) is 26.1 Å². The molecule has 0 aliphatic rings. The van der Waals surface area contributed by atoms with Gasteiger partial charge in [-0.25, -0.2) is 0 Å². The molecule has 0 spiro atoms. The van der Waals surface area contributed by atoms with E-state index >= 15 is 0 Å². The van der Waals surface area contributed by atoms with Gasteiger partial charge in [0.05, 0.1) is 6.54 Å². The summed E-state index contributed by atoms with van der Waals surface area (Å²) in [6.07, 6.45) is 0. The van der Waals surface area contributed by atoms with Crippen LogP contribution in [0.15, 0.2) is 10.1 Å². The minimum Gasteiger partial charge on any atom is -0.309 e. The van der Waals surface area contributed by atoms with E-state index in [1.54, 1.807) is 13.8 Å². The minimum absolute atomic E-state index is 0.0886. The van der Waals surface area contributed by atoms with Gasteiger partial charge in [-0.3, -0.25) is 0 Å². The molecular weight excluding hydrogens is 370 g/mol. The summed E-state index contributed by atoms with van der Waals surface area (Å²) in [6.45, 7) is 1.35. The quantitative estimate of drug-likeness (QED) is 0.408. The first-order valence-corrected chi connectivity index (χ1v) is 7.32. The number of imidazole rings is 1. The molecular formula is C11H14F6N2S3. The predicted molar refractivity (Wildman–Crippen MR) is 78.7 cm³/mol. The summed E-state index contributed by atoms with van der Waals surface area (Å²) in [7, 11) is 0. The van der Waals surface area contributed by atoms with Crippen LogP contribution in [0.25, 0.3) is 0 Å². The number of hydrogen-bond donors (Lipinski definition) is 2. The zero-order valence-corrected chi connectivity index (χ0v) is 14.4. The molecule has 0 saturated heterocycles. The number of thiol groups is 2. The van der Waals surface area contributed by atoms with Crippen LogP contribution >= 0.6 is 37.5 Å². The highest BCUT2D eigenvalue weighted by Gasteiger charge is 2.69. The van der Waals surface area contributed by atoms with Crippen molar-refractivity contribution in [1.82, 2.24) is 9.13 Å². The summed E-state index contributed by atoms with van der Waals surface area (Å²) in [5.74, 6) is -15.4. The highest BCUT2D eigenvalue weighted by molar-refractivity contribution is 7.83. The first-order valence-electron chi connectivity index (χ1n) is 6.01. The molecule has 1 heterocycles. The Balaban J connectivity index is 3.37. The van der Waals surface area contributed by atoms with Crippen molar-refractivity contribution in [3.63, 3.8) is 0 Å². The van der Waals surface area contributed by atoms with E-state index < -0.39 is 24.3 Å². The van der Waals surface area contributed by atoms with E-state index in [1.807, 2.05) is 0 Å². The van der Waals surface area contributed by atoms with Gasteiger partial charge < -0.3 is 9.13 Å². The van der Waals surface area contributed by atoms with Crippen LogP contribution in [0.5, 0.6) is 0 Å². The van der Waals surface area contributed by atoms with Crippen LogP contribution in [0.4, 0.5) is 26.3 Å². The molecule has 0 unspecified atom stereocenters. The maximum Gasteiger partial charge on any atom is 0.373 e. The van der Waals surface area contributed by atoms with Crippen LogP contribution < -0.4 is 0 Å². The fraction of sp³-hybridized carbons (Fsp3) is 0.727. The highest BCUT2D eigenvalue weighted by Crippen LogP contribution is 2.46. The molecule has 1 aromatic rings. The Hall–Kier alpha value is -0.290. The smallest absolute Gasteiger partial charge is 0.309 e.